The van der Waals surface area contributed by atoms with Crippen molar-refractivity contribution >= 4 is 17.6 Å². The molecule has 5 nitrogen and oxygen atoms in total. The Morgan fingerprint density at radius 2 is 1.70 bits per heavy atom. The quantitative estimate of drug-likeness (QED) is 0.882. The van der Waals surface area contributed by atoms with E-state index in [0.29, 0.717) is 29.7 Å². The van der Waals surface area contributed by atoms with Crippen LogP contribution in [-0.4, -0.2) is 17.0 Å². The van der Waals surface area contributed by atoms with Crippen molar-refractivity contribution < 1.29 is 14.7 Å². The van der Waals surface area contributed by atoms with Gasteiger partial charge in [0.25, 0.3) is 5.91 Å². The second kappa shape index (κ2) is 6.02. The average Bonchev–Trinajstić information content (AvgIpc) is 2.48. The molecule has 5 heteroatoms. The number of nitrogens with zero attached hydrogens (tertiary/aromatic N) is 1. The molecule has 0 saturated carbocycles. The van der Waals surface area contributed by atoms with Crippen LogP contribution in [0.4, 0.5) is 5.69 Å². The van der Waals surface area contributed by atoms with E-state index in [1.807, 2.05) is 6.07 Å². The molecule has 0 atom stereocenters. The molecule has 2 N–H and O–H groups in total. The van der Waals surface area contributed by atoms with E-state index in [1.165, 1.54) is 0 Å². The summed E-state index contributed by atoms with van der Waals surface area (Å²) < 4.78 is 0. The fourth-order valence-electron chi connectivity index (χ4n) is 2.23. The third-order valence-electron chi connectivity index (χ3n) is 3.27. The van der Waals surface area contributed by atoms with Gasteiger partial charge in [0.15, 0.2) is 0 Å². The van der Waals surface area contributed by atoms with E-state index >= 15 is 0 Å². The monoisotopic (exact) mass is 270 g/mol. The number of hydrogen-bond donors (Lipinski definition) is 2. The Balaban J connectivity index is 2.18. The van der Waals surface area contributed by atoms with Gasteiger partial charge in [-0.1, -0.05) is 0 Å². The van der Waals surface area contributed by atoms with Crippen molar-refractivity contribution in [1.82, 2.24) is 0 Å². The Morgan fingerprint density at radius 3 is 2.25 bits per heavy atom. The lowest BCUT2D eigenvalue weighted by molar-refractivity contribution is -0.133. The number of rotatable bonds is 3. The van der Waals surface area contributed by atoms with E-state index in [0.717, 1.165) is 12.8 Å². The molecule has 0 bridgehead atoms. The van der Waals surface area contributed by atoms with E-state index in [9.17, 15) is 9.59 Å². The van der Waals surface area contributed by atoms with Gasteiger partial charge >= 0.3 is 5.97 Å². The van der Waals surface area contributed by atoms with Crippen LogP contribution in [0.25, 0.3) is 0 Å². The van der Waals surface area contributed by atoms with Crippen molar-refractivity contribution in [2.24, 2.45) is 0 Å². The number of carbonyl (C=O) groups is 2. The first kappa shape index (κ1) is 13.8. The molecule has 0 spiro atoms. The molecule has 2 rings (SSSR count). The van der Waals surface area contributed by atoms with Gasteiger partial charge in [0, 0.05) is 16.8 Å². The van der Waals surface area contributed by atoms with Crippen LogP contribution >= 0.6 is 0 Å². The molecule has 1 aliphatic rings. The number of carboxylic acid groups (broad SMARTS) is 1. The van der Waals surface area contributed by atoms with Crippen LogP contribution in [0.1, 0.15) is 31.2 Å². The first-order chi connectivity index (χ1) is 9.61. The van der Waals surface area contributed by atoms with Gasteiger partial charge in [0.2, 0.25) is 0 Å². The number of aliphatic carboxylic acids is 1. The topological polar surface area (TPSA) is 90.2 Å². The molecule has 0 heterocycles. The summed E-state index contributed by atoms with van der Waals surface area (Å²) >= 11 is 0. The number of carbonyl (C=O) groups excluding carboxylic acids is 1. The van der Waals surface area contributed by atoms with Gasteiger partial charge < -0.3 is 10.4 Å². The van der Waals surface area contributed by atoms with Crippen molar-refractivity contribution in [1.29, 1.82) is 5.26 Å². The maximum Gasteiger partial charge on any atom is 0.332 e. The maximum absolute atomic E-state index is 12.1. The molecule has 20 heavy (non-hydrogen) atoms. The van der Waals surface area contributed by atoms with Gasteiger partial charge in [-0.3, -0.25) is 4.79 Å². The molecule has 1 aromatic carbocycles. The lowest BCUT2D eigenvalue weighted by Gasteiger charge is -2.17. The Morgan fingerprint density at radius 1 is 1.10 bits per heavy atom. The maximum atomic E-state index is 12.1. The van der Waals surface area contributed by atoms with Crippen molar-refractivity contribution in [2.45, 2.75) is 25.7 Å². The normalized spacial score (nSPS) is 14.6. The Hall–Kier alpha value is -2.61. The third kappa shape index (κ3) is 3.04. The fourth-order valence-corrected chi connectivity index (χ4v) is 2.23. The number of nitriles is 1. The van der Waals surface area contributed by atoms with E-state index in [4.69, 9.17) is 10.4 Å². The Kier molecular flexibility index (Phi) is 4.16. The molecule has 102 valence electrons. The Labute approximate surface area is 116 Å². The van der Waals surface area contributed by atoms with Crippen LogP contribution in [0, 0.1) is 11.3 Å². The zero-order chi connectivity index (χ0) is 14.5. The summed E-state index contributed by atoms with van der Waals surface area (Å²) in [4.78, 5) is 23.3. The highest BCUT2D eigenvalue weighted by atomic mass is 16.4. The smallest absolute Gasteiger partial charge is 0.332 e. The number of hydrogen-bond acceptors (Lipinski definition) is 3. The fraction of sp³-hybridized carbons (Fsp3) is 0.267. The minimum absolute atomic E-state index is 0.211. The van der Waals surface area contributed by atoms with Gasteiger partial charge in [-0.05, 0) is 49.9 Å². The SMILES string of the molecule is N#Cc1ccc(NC(=O)C2=C(C(=O)O)CCCC2)cc1. The predicted molar refractivity (Wildman–Crippen MR) is 72.9 cm³/mol. The van der Waals surface area contributed by atoms with Crippen molar-refractivity contribution in [3.8, 4) is 6.07 Å². The molecule has 0 aromatic heterocycles. The highest BCUT2D eigenvalue weighted by Gasteiger charge is 2.23. The highest BCUT2D eigenvalue weighted by molar-refractivity contribution is 6.08. The summed E-state index contributed by atoms with van der Waals surface area (Å²) in [6, 6.07) is 8.44. The molecule has 0 radical (unpaired) electrons. The van der Waals surface area contributed by atoms with E-state index < -0.39 is 5.97 Å². The second-order valence-corrected chi connectivity index (χ2v) is 4.61. The first-order valence-electron chi connectivity index (χ1n) is 6.38. The van der Waals surface area contributed by atoms with Gasteiger partial charge in [-0.2, -0.15) is 5.26 Å². The summed E-state index contributed by atoms with van der Waals surface area (Å²) in [6.45, 7) is 0. The zero-order valence-electron chi connectivity index (χ0n) is 10.8. The van der Waals surface area contributed by atoms with Crippen molar-refractivity contribution in [2.75, 3.05) is 5.32 Å². The molecule has 0 fully saturated rings. The Bertz CT molecular complexity index is 609. The minimum atomic E-state index is -1.02. The molecule has 0 unspecified atom stereocenters. The zero-order valence-corrected chi connectivity index (χ0v) is 10.8. The predicted octanol–water partition coefficient (Wildman–Crippen LogP) is 2.45. The van der Waals surface area contributed by atoms with Crippen LogP contribution in [0.2, 0.25) is 0 Å². The van der Waals surface area contributed by atoms with Gasteiger partial charge in [0.1, 0.15) is 0 Å². The lowest BCUT2D eigenvalue weighted by Crippen LogP contribution is -2.21. The van der Waals surface area contributed by atoms with Crippen LogP contribution in [-0.2, 0) is 9.59 Å². The highest BCUT2D eigenvalue weighted by Crippen LogP contribution is 2.26. The molecule has 0 saturated heterocycles. The van der Waals surface area contributed by atoms with Gasteiger partial charge in [0.05, 0.1) is 11.6 Å². The number of nitrogens with one attached hydrogen (secondary N) is 1. The minimum Gasteiger partial charge on any atom is -0.478 e. The first-order valence-corrected chi connectivity index (χ1v) is 6.38. The molecule has 1 aliphatic carbocycles. The standard InChI is InChI=1S/C15H14N2O3/c16-9-10-5-7-11(8-6-10)17-14(18)12-3-1-2-4-13(12)15(19)20/h5-8H,1-4H2,(H,17,18)(H,19,20). The molecular formula is C15H14N2O3. The van der Waals surface area contributed by atoms with Crippen molar-refractivity contribution in [3.05, 3.63) is 41.0 Å². The lowest BCUT2D eigenvalue weighted by atomic mass is 9.91. The van der Waals surface area contributed by atoms with Gasteiger partial charge in [-0.25, -0.2) is 4.79 Å². The van der Waals surface area contributed by atoms with Gasteiger partial charge in [-0.15, -0.1) is 0 Å². The van der Waals surface area contributed by atoms with Crippen LogP contribution < -0.4 is 5.32 Å². The van der Waals surface area contributed by atoms with E-state index in [1.54, 1.807) is 24.3 Å². The number of amides is 1. The van der Waals surface area contributed by atoms with E-state index in [-0.39, 0.29) is 11.5 Å². The summed E-state index contributed by atoms with van der Waals surface area (Å²) in [5.41, 5.74) is 1.62. The summed E-state index contributed by atoms with van der Waals surface area (Å²) in [6.07, 6.45) is 2.55. The van der Waals surface area contributed by atoms with Crippen LogP contribution in [0.5, 0.6) is 0 Å². The summed E-state index contributed by atoms with van der Waals surface area (Å²) in [5.74, 6) is -1.39. The van der Waals surface area contributed by atoms with Crippen LogP contribution in [0.15, 0.2) is 35.4 Å². The summed E-state index contributed by atoms with van der Waals surface area (Å²) in [5, 5.41) is 20.5. The average molecular weight is 270 g/mol. The number of benzene rings is 1. The molecule has 0 aliphatic heterocycles. The molecular weight excluding hydrogens is 256 g/mol. The van der Waals surface area contributed by atoms with Crippen molar-refractivity contribution in [3.63, 3.8) is 0 Å². The third-order valence-corrected chi connectivity index (χ3v) is 3.27. The van der Waals surface area contributed by atoms with E-state index in [2.05, 4.69) is 5.32 Å². The number of anilines is 1. The largest absolute Gasteiger partial charge is 0.478 e. The molecule has 1 amide bonds. The molecule has 1 aromatic rings. The van der Waals surface area contributed by atoms with Crippen LogP contribution in [0.3, 0.4) is 0 Å². The second-order valence-electron chi connectivity index (χ2n) is 4.61. The summed E-state index contributed by atoms with van der Waals surface area (Å²) in [7, 11) is 0. The number of carboxylic acids is 1.